The molecule has 3 heterocycles. The van der Waals surface area contributed by atoms with Crippen molar-refractivity contribution in [2.45, 2.75) is 45.8 Å². The predicted octanol–water partition coefficient (Wildman–Crippen LogP) is 2.75. The maximum absolute atomic E-state index is 11.9. The molecule has 0 saturated carbocycles. The highest BCUT2D eigenvalue weighted by molar-refractivity contribution is 14.0. The van der Waals surface area contributed by atoms with E-state index in [2.05, 4.69) is 32.7 Å². The first-order valence-corrected chi connectivity index (χ1v) is 11.4. The number of hydrogen-bond donors (Lipinski definition) is 3. The molecule has 0 aliphatic carbocycles. The van der Waals surface area contributed by atoms with Crippen molar-refractivity contribution < 1.29 is 9.53 Å². The van der Waals surface area contributed by atoms with Crippen molar-refractivity contribution in [3.8, 4) is 0 Å². The molecule has 1 aromatic rings. The second kappa shape index (κ2) is 12.6. The molecular formula is C23H39IN6O2. The van der Waals surface area contributed by atoms with Gasteiger partial charge in [-0.1, -0.05) is 12.1 Å². The highest BCUT2D eigenvalue weighted by atomic mass is 127. The maximum atomic E-state index is 11.9. The summed E-state index contributed by atoms with van der Waals surface area (Å²) in [6, 6.07) is 8.39. The number of ether oxygens (including phenoxy) is 1. The van der Waals surface area contributed by atoms with Gasteiger partial charge in [0.05, 0.1) is 6.54 Å². The van der Waals surface area contributed by atoms with Crippen LogP contribution in [0.4, 0.5) is 10.5 Å². The Morgan fingerprint density at radius 1 is 1.12 bits per heavy atom. The van der Waals surface area contributed by atoms with Crippen LogP contribution in [0.3, 0.4) is 0 Å². The summed E-state index contributed by atoms with van der Waals surface area (Å²) in [5.74, 6) is 0.878. The fourth-order valence-corrected chi connectivity index (χ4v) is 3.94. The summed E-state index contributed by atoms with van der Waals surface area (Å²) in [6.45, 7) is 16.0. The van der Waals surface area contributed by atoms with Gasteiger partial charge in [0.25, 0.3) is 0 Å². The van der Waals surface area contributed by atoms with E-state index in [1.807, 2.05) is 45.0 Å². The van der Waals surface area contributed by atoms with Gasteiger partial charge >= 0.3 is 6.09 Å². The second-order valence-electron chi connectivity index (χ2n) is 9.21. The molecule has 3 aliphatic heterocycles. The third kappa shape index (κ3) is 8.74. The number of hydrogen-bond acceptors (Lipinski definition) is 5. The first kappa shape index (κ1) is 26.7. The van der Waals surface area contributed by atoms with Gasteiger partial charge in [0.2, 0.25) is 0 Å². The van der Waals surface area contributed by atoms with Gasteiger partial charge in [-0.05, 0) is 51.8 Å². The summed E-state index contributed by atoms with van der Waals surface area (Å²) in [6.07, 6.45) is 0.438. The highest BCUT2D eigenvalue weighted by Gasteiger charge is 2.31. The fourth-order valence-electron chi connectivity index (χ4n) is 3.94. The number of piperazine rings is 3. The van der Waals surface area contributed by atoms with Crippen LogP contribution in [0.1, 0.15) is 33.3 Å². The number of aliphatic imine (C=N–C) groups is 1. The zero-order chi connectivity index (χ0) is 22.3. The van der Waals surface area contributed by atoms with Crippen molar-refractivity contribution in [1.82, 2.24) is 20.4 Å². The molecule has 1 aromatic carbocycles. The summed E-state index contributed by atoms with van der Waals surface area (Å²) in [5.41, 5.74) is 1.42. The Morgan fingerprint density at radius 2 is 1.81 bits per heavy atom. The number of nitrogens with one attached hydrogen (secondary N) is 3. The van der Waals surface area contributed by atoms with Gasteiger partial charge < -0.3 is 15.4 Å². The van der Waals surface area contributed by atoms with E-state index in [4.69, 9.17) is 9.73 Å². The Bertz CT molecular complexity index is 742. The van der Waals surface area contributed by atoms with Crippen LogP contribution in [0, 0.1) is 0 Å². The topological polar surface area (TPSA) is 81.2 Å². The molecule has 3 fully saturated rings. The molecule has 0 radical (unpaired) electrons. The molecule has 1 unspecified atom stereocenters. The highest BCUT2D eigenvalue weighted by Crippen LogP contribution is 2.16. The Kier molecular flexibility index (Phi) is 10.5. The lowest BCUT2D eigenvalue weighted by atomic mass is 10.1. The zero-order valence-electron chi connectivity index (χ0n) is 19.8. The number of rotatable bonds is 7. The molecule has 1 atom stereocenters. The number of nitrogens with zero attached hydrogens (tertiary/aromatic N) is 3. The van der Waals surface area contributed by atoms with Crippen molar-refractivity contribution in [3.63, 3.8) is 0 Å². The number of guanidine groups is 1. The van der Waals surface area contributed by atoms with Gasteiger partial charge in [0.15, 0.2) is 5.96 Å². The summed E-state index contributed by atoms with van der Waals surface area (Å²) in [5, 5.41) is 9.55. The number of amides is 1. The van der Waals surface area contributed by atoms with Crippen LogP contribution in [-0.2, 0) is 11.2 Å². The first-order chi connectivity index (χ1) is 14.8. The van der Waals surface area contributed by atoms with Crippen LogP contribution in [0.5, 0.6) is 0 Å². The van der Waals surface area contributed by atoms with E-state index in [0.717, 1.165) is 44.2 Å². The van der Waals surface area contributed by atoms with Crippen molar-refractivity contribution in [3.05, 3.63) is 29.8 Å². The van der Waals surface area contributed by atoms with E-state index in [1.165, 1.54) is 31.7 Å². The number of carbonyl (C=O) groups is 1. The number of anilines is 1. The summed E-state index contributed by atoms with van der Waals surface area (Å²) in [4.78, 5) is 21.8. The van der Waals surface area contributed by atoms with Gasteiger partial charge in [-0.15, -0.1) is 24.0 Å². The lowest BCUT2D eigenvalue weighted by Gasteiger charge is -2.47. The minimum absolute atomic E-state index is 0. The van der Waals surface area contributed by atoms with Gasteiger partial charge in [0.1, 0.15) is 5.60 Å². The Hall–Kier alpha value is -1.59. The minimum Gasteiger partial charge on any atom is -0.444 e. The average molecular weight is 559 g/mol. The minimum atomic E-state index is -0.507. The van der Waals surface area contributed by atoms with Crippen LogP contribution in [-0.4, -0.2) is 85.9 Å². The quantitative estimate of drug-likeness (QED) is 0.272. The molecule has 2 bridgehead atoms. The molecule has 1 amide bonds. The van der Waals surface area contributed by atoms with Crippen molar-refractivity contribution >= 4 is 41.7 Å². The largest absolute Gasteiger partial charge is 0.444 e. The smallest absolute Gasteiger partial charge is 0.412 e. The van der Waals surface area contributed by atoms with E-state index in [0.29, 0.717) is 6.04 Å². The molecule has 3 aliphatic rings. The van der Waals surface area contributed by atoms with E-state index in [9.17, 15) is 4.79 Å². The van der Waals surface area contributed by atoms with E-state index in [1.54, 1.807) is 0 Å². The third-order valence-corrected chi connectivity index (χ3v) is 5.50. The lowest BCUT2D eigenvalue weighted by molar-refractivity contribution is 0.0174. The van der Waals surface area contributed by atoms with Gasteiger partial charge in [0, 0.05) is 57.5 Å². The van der Waals surface area contributed by atoms with Gasteiger partial charge in [-0.2, -0.15) is 0 Å². The molecule has 0 aromatic heterocycles. The molecule has 32 heavy (non-hydrogen) atoms. The normalized spacial score (nSPS) is 22.6. The van der Waals surface area contributed by atoms with Crippen molar-refractivity contribution in [1.29, 1.82) is 0 Å². The SMILES string of the molecule is CCNC(=NCC1CN2CCN1CC2)NCCc1ccc(NC(=O)OC(C)(C)C)cc1.I. The van der Waals surface area contributed by atoms with Crippen LogP contribution in [0.15, 0.2) is 29.3 Å². The number of benzene rings is 1. The molecule has 8 nitrogen and oxygen atoms in total. The van der Waals surface area contributed by atoms with Crippen LogP contribution >= 0.6 is 24.0 Å². The van der Waals surface area contributed by atoms with E-state index in [-0.39, 0.29) is 24.0 Å². The standard InChI is InChI=1S/C23H38N6O2.HI/c1-5-24-21(26-16-20-17-28-12-14-29(20)15-13-28)25-11-10-18-6-8-19(9-7-18)27-22(30)31-23(2,3)4;/h6-9,20H,5,10-17H2,1-4H3,(H,27,30)(H2,24,25,26);1H. The maximum Gasteiger partial charge on any atom is 0.412 e. The van der Waals surface area contributed by atoms with Gasteiger partial charge in [-0.25, -0.2) is 4.79 Å². The zero-order valence-corrected chi connectivity index (χ0v) is 22.1. The third-order valence-electron chi connectivity index (χ3n) is 5.50. The van der Waals surface area contributed by atoms with Crippen molar-refractivity contribution in [2.75, 3.05) is 57.7 Å². The first-order valence-electron chi connectivity index (χ1n) is 11.4. The fraction of sp³-hybridized carbons (Fsp3) is 0.652. The molecule has 3 N–H and O–H groups in total. The van der Waals surface area contributed by atoms with Crippen LogP contribution < -0.4 is 16.0 Å². The number of halogens is 1. The molecule has 180 valence electrons. The molecular weight excluding hydrogens is 519 g/mol. The van der Waals surface area contributed by atoms with E-state index >= 15 is 0 Å². The summed E-state index contributed by atoms with van der Waals surface area (Å²) >= 11 is 0. The molecule has 4 rings (SSSR count). The van der Waals surface area contributed by atoms with Crippen LogP contribution in [0.2, 0.25) is 0 Å². The van der Waals surface area contributed by atoms with Gasteiger partial charge in [-0.3, -0.25) is 20.1 Å². The molecule has 3 saturated heterocycles. The van der Waals surface area contributed by atoms with Crippen LogP contribution in [0.25, 0.3) is 0 Å². The lowest BCUT2D eigenvalue weighted by Crippen LogP contribution is -2.62. The molecule has 0 spiro atoms. The number of carbonyl (C=O) groups excluding carboxylic acids is 1. The summed E-state index contributed by atoms with van der Waals surface area (Å²) < 4.78 is 5.28. The molecule has 9 heteroatoms. The predicted molar refractivity (Wildman–Crippen MR) is 141 cm³/mol. The Labute approximate surface area is 209 Å². The second-order valence-corrected chi connectivity index (χ2v) is 9.21. The summed E-state index contributed by atoms with van der Waals surface area (Å²) in [7, 11) is 0. The van der Waals surface area contributed by atoms with E-state index < -0.39 is 11.7 Å². The average Bonchev–Trinajstić information content (AvgIpc) is 2.73. The monoisotopic (exact) mass is 558 g/mol. The Morgan fingerprint density at radius 3 is 2.38 bits per heavy atom. The number of fused-ring (bicyclic) bond motifs is 3. The van der Waals surface area contributed by atoms with Crippen molar-refractivity contribution in [2.24, 2.45) is 4.99 Å². The Balaban J connectivity index is 0.00000363.